The van der Waals surface area contributed by atoms with E-state index in [4.69, 9.17) is 4.55 Å². The SMILES string of the molecule is CC(C)(C(c1ccccc1)c1ccccc1)C(F)(C(=O)OCC(F)(F)S(=O)(=O)O)c1ccccc1.[Na]. The van der Waals surface area contributed by atoms with Gasteiger partial charge >= 0.3 is 21.3 Å². The Bertz CT molecular complexity index is 1220. The summed E-state index contributed by atoms with van der Waals surface area (Å²) >= 11 is 0. The molecule has 1 atom stereocenters. The van der Waals surface area contributed by atoms with Crippen molar-refractivity contribution in [2.45, 2.75) is 30.7 Å². The summed E-state index contributed by atoms with van der Waals surface area (Å²) in [6, 6.07) is 24.9. The number of carbonyl (C=O) groups is 1. The fourth-order valence-corrected chi connectivity index (χ4v) is 4.47. The Morgan fingerprint density at radius 1 is 0.833 bits per heavy atom. The zero-order chi connectivity index (χ0) is 25.9. The Labute approximate surface area is 230 Å². The zero-order valence-electron chi connectivity index (χ0n) is 20.1. The molecule has 0 bridgehead atoms. The van der Waals surface area contributed by atoms with Gasteiger partial charge in [0.2, 0.25) is 5.67 Å². The molecule has 0 amide bonds. The molecule has 0 aromatic heterocycles. The van der Waals surface area contributed by atoms with Gasteiger partial charge in [0.25, 0.3) is 0 Å². The Morgan fingerprint density at radius 2 is 1.22 bits per heavy atom. The predicted molar refractivity (Wildman–Crippen MR) is 131 cm³/mol. The van der Waals surface area contributed by atoms with Crippen LogP contribution >= 0.6 is 0 Å². The van der Waals surface area contributed by atoms with Crippen LogP contribution in [0.1, 0.15) is 36.5 Å². The third-order valence-corrected chi connectivity index (χ3v) is 6.95. The van der Waals surface area contributed by atoms with Crippen LogP contribution < -0.4 is 0 Å². The minimum Gasteiger partial charge on any atom is -0.455 e. The maximum atomic E-state index is 17.3. The molecule has 1 unspecified atom stereocenters. The van der Waals surface area contributed by atoms with Gasteiger partial charge in [-0.15, -0.1) is 0 Å². The van der Waals surface area contributed by atoms with Crippen LogP contribution in [0.4, 0.5) is 13.2 Å². The van der Waals surface area contributed by atoms with Gasteiger partial charge in [-0.3, -0.25) is 4.55 Å². The third kappa shape index (κ3) is 5.86. The summed E-state index contributed by atoms with van der Waals surface area (Å²) in [4.78, 5) is 13.2. The van der Waals surface area contributed by atoms with E-state index in [1.165, 1.54) is 38.1 Å². The molecule has 0 spiro atoms. The van der Waals surface area contributed by atoms with Gasteiger partial charge in [0.05, 0.1) is 0 Å². The molecule has 1 N–H and O–H groups in total. The molecule has 5 nitrogen and oxygen atoms in total. The van der Waals surface area contributed by atoms with Crippen molar-refractivity contribution in [3.63, 3.8) is 0 Å². The monoisotopic (exact) mass is 529 g/mol. The van der Waals surface area contributed by atoms with Crippen LogP contribution in [-0.4, -0.2) is 60.4 Å². The normalized spacial score (nSPS) is 14.0. The molecule has 0 saturated carbocycles. The molecular weight excluding hydrogens is 504 g/mol. The Hall–Kier alpha value is -2.17. The van der Waals surface area contributed by atoms with Gasteiger partial charge in [-0.2, -0.15) is 17.2 Å². The molecule has 0 aliphatic heterocycles. The van der Waals surface area contributed by atoms with Crippen LogP contribution in [0.5, 0.6) is 0 Å². The molecule has 0 fully saturated rings. The number of esters is 1. The maximum Gasteiger partial charge on any atom is 0.402 e. The summed E-state index contributed by atoms with van der Waals surface area (Å²) in [5.74, 6) is -2.45. The van der Waals surface area contributed by atoms with E-state index in [1.807, 2.05) is 0 Å². The van der Waals surface area contributed by atoms with Crippen molar-refractivity contribution in [3.8, 4) is 0 Å². The molecule has 187 valence electrons. The van der Waals surface area contributed by atoms with E-state index < -0.39 is 45.0 Å². The van der Waals surface area contributed by atoms with E-state index in [2.05, 4.69) is 4.74 Å². The second kappa shape index (κ2) is 11.5. The number of halogens is 3. The summed E-state index contributed by atoms with van der Waals surface area (Å²) < 4.78 is 80.2. The van der Waals surface area contributed by atoms with Gasteiger partial charge in [0.15, 0.2) is 6.61 Å². The maximum absolute atomic E-state index is 17.3. The number of carbonyl (C=O) groups excluding carboxylic acids is 1. The van der Waals surface area contributed by atoms with Crippen LogP contribution in [0.15, 0.2) is 91.0 Å². The van der Waals surface area contributed by atoms with Crippen LogP contribution in [0.3, 0.4) is 0 Å². The van der Waals surface area contributed by atoms with Gasteiger partial charge < -0.3 is 4.74 Å². The first-order valence-electron chi connectivity index (χ1n) is 10.7. The Kier molecular flexibility index (Phi) is 9.58. The molecule has 1 radical (unpaired) electrons. The zero-order valence-corrected chi connectivity index (χ0v) is 22.9. The summed E-state index contributed by atoms with van der Waals surface area (Å²) in [6.07, 6.45) is 0. The van der Waals surface area contributed by atoms with Crippen molar-refractivity contribution < 1.29 is 35.7 Å². The average molecular weight is 530 g/mol. The molecule has 3 aromatic rings. The van der Waals surface area contributed by atoms with Gasteiger partial charge in [0, 0.05) is 46.5 Å². The fraction of sp³-hybridized carbons (Fsp3) is 0.269. The quantitative estimate of drug-likeness (QED) is 0.230. The van der Waals surface area contributed by atoms with E-state index in [1.54, 1.807) is 66.7 Å². The van der Waals surface area contributed by atoms with Gasteiger partial charge in [-0.05, 0) is 11.1 Å². The van der Waals surface area contributed by atoms with Crippen molar-refractivity contribution in [3.05, 3.63) is 108 Å². The third-order valence-electron chi connectivity index (χ3n) is 6.08. The average Bonchev–Trinajstić information content (AvgIpc) is 2.83. The Balaban J connectivity index is 0.00000456. The van der Waals surface area contributed by atoms with Gasteiger partial charge in [-0.1, -0.05) is 105 Å². The largest absolute Gasteiger partial charge is 0.455 e. The molecule has 0 aliphatic carbocycles. The van der Waals surface area contributed by atoms with E-state index >= 15 is 4.39 Å². The first kappa shape index (κ1) is 30.1. The molecule has 0 aliphatic rings. The molecule has 36 heavy (non-hydrogen) atoms. The number of hydrogen-bond donors (Lipinski definition) is 1. The minimum atomic E-state index is -5.88. The predicted octanol–water partition coefficient (Wildman–Crippen LogP) is 5.35. The first-order chi connectivity index (χ1) is 16.3. The smallest absolute Gasteiger partial charge is 0.402 e. The summed E-state index contributed by atoms with van der Waals surface area (Å²) in [5.41, 5.74) is -3.46. The second-order valence-electron chi connectivity index (χ2n) is 8.69. The minimum absolute atomic E-state index is 0. The number of alkyl halides is 3. The van der Waals surface area contributed by atoms with Crippen LogP contribution in [0, 0.1) is 5.41 Å². The molecule has 3 rings (SSSR count). The van der Waals surface area contributed by atoms with Crippen LogP contribution in [0.25, 0.3) is 0 Å². The van der Waals surface area contributed by atoms with Crippen molar-refractivity contribution in [1.29, 1.82) is 0 Å². The van der Waals surface area contributed by atoms with Crippen molar-refractivity contribution in [2.24, 2.45) is 5.41 Å². The number of benzene rings is 3. The molecular formula is C26H25F3NaO5S. The Morgan fingerprint density at radius 3 is 1.61 bits per heavy atom. The number of hydrogen-bond acceptors (Lipinski definition) is 4. The standard InChI is InChI=1S/C26H25F3O5S.Na/c1-24(2,22(19-12-6-3-7-13-19)20-14-8-4-9-15-20)26(29,21-16-10-5-11-17-21)23(30)34-18-25(27,28)35(31,32)33;/h3-17,22H,18H2,1-2H3,(H,31,32,33);. The van der Waals surface area contributed by atoms with E-state index in [0.29, 0.717) is 11.1 Å². The van der Waals surface area contributed by atoms with Crippen molar-refractivity contribution in [1.82, 2.24) is 0 Å². The van der Waals surface area contributed by atoms with Crippen molar-refractivity contribution in [2.75, 3.05) is 6.61 Å². The first-order valence-corrected chi connectivity index (χ1v) is 12.1. The molecule has 3 aromatic carbocycles. The van der Waals surface area contributed by atoms with E-state index in [9.17, 15) is 22.0 Å². The fourth-order valence-electron chi connectivity index (χ4n) is 4.26. The van der Waals surface area contributed by atoms with E-state index in [-0.39, 0.29) is 35.1 Å². The molecule has 10 heteroatoms. The molecule has 0 heterocycles. The summed E-state index contributed by atoms with van der Waals surface area (Å²) in [7, 11) is -5.88. The second-order valence-corrected chi connectivity index (χ2v) is 10.2. The van der Waals surface area contributed by atoms with Gasteiger partial charge in [0.1, 0.15) is 0 Å². The van der Waals surface area contributed by atoms with Crippen LogP contribution in [0.2, 0.25) is 0 Å². The van der Waals surface area contributed by atoms with Crippen LogP contribution in [-0.2, 0) is 25.3 Å². The molecule has 0 saturated heterocycles. The topological polar surface area (TPSA) is 80.7 Å². The van der Waals surface area contributed by atoms with E-state index in [0.717, 1.165) is 0 Å². The summed E-state index contributed by atoms with van der Waals surface area (Å²) in [6.45, 7) is 0.917. The van der Waals surface area contributed by atoms with Gasteiger partial charge in [-0.25, -0.2) is 9.18 Å². The number of rotatable bonds is 9. The van der Waals surface area contributed by atoms with Crippen molar-refractivity contribution >= 4 is 45.6 Å². The number of ether oxygens (including phenoxy) is 1. The summed E-state index contributed by atoms with van der Waals surface area (Å²) in [5, 5.41) is -4.80.